The summed E-state index contributed by atoms with van der Waals surface area (Å²) in [6.45, 7) is 4.26. The standard InChI is InChI=1S/C21H24N4O4/c1-11-19(12(2)29-24-11)13-4-5-18-17(8-13)22-20(16-6-7-28-21(26)23-16)25(18)14-9-15(10-14)27-3/h4-5,8,14-16H,6-7,9-10H2,1-3H3,(H,23,26)/t14-,15-,16?. The maximum absolute atomic E-state index is 11.8. The van der Waals surface area contributed by atoms with Gasteiger partial charge in [-0.25, -0.2) is 9.78 Å². The van der Waals surface area contributed by atoms with Gasteiger partial charge in [-0.1, -0.05) is 11.2 Å². The number of methoxy groups -OCH3 is 1. The lowest BCUT2D eigenvalue weighted by Gasteiger charge is -2.37. The van der Waals surface area contributed by atoms with E-state index in [1.165, 1.54) is 0 Å². The number of carbonyl (C=O) groups excluding carboxylic acids is 1. The Morgan fingerprint density at radius 2 is 2.10 bits per heavy atom. The number of carbonyl (C=O) groups is 1. The zero-order valence-corrected chi connectivity index (χ0v) is 16.8. The number of nitrogens with zero attached hydrogens (tertiary/aromatic N) is 3. The molecule has 29 heavy (non-hydrogen) atoms. The van der Waals surface area contributed by atoms with Crippen molar-refractivity contribution in [3.63, 3.8) is 0 Å². The number of ether oxygens (including phenoxy) is 2. The highest BCUT2D eigenvalue weighted by molar-refractivity contribution is 5.84. The summed E-state index contributed by atoms with van der Waals surface area (Å²) < 4.78 is 18.1. The van der Waals surface area contributed by atoms with Gasteiger partial charge in [0.25, 0.3) is 0 Å². The second kappa shape index (κ2) is 6.88. The van der Waals surface area contributed by atoms with Crippen LogP contribution in [-0.4, -0.2) is 40.6 Å². The van der Waals surface area contributed by atoms with Gasteiger partial charge in [0.15, 0.2) is 0 Å². The third kappa shape index (κ3) is 2.98. The van der Waals surface area contributed by atoms with E-state index in [9.17, 15) is 4.79 Å². The molecule has 3 heterocycles. The molecular formula is C21H24N4O4. The first-order chi connectivity index (χ1) is 14.0. The fraction of sp³-hybridized carbons (Fsp3) is 0.476. The number of amides is 1. The SMILES string of the molecule is CO[C@H]1C[C@H](n2c(C3CCOC(=O)N3)nc3cc(-c4c(C)noc4C)ccc32)C1. The largest absolute Gasteiger partial charge is 0.449 e. The Hall–Kier alpha value is -2.87. The zero-order chi connectivity index (χ0) is 20.1. The molecule has 8 heteroatoms. The van der Waals surface area contributed by atoms with Gasteiger partial charge < -0.3 is 23.9 Å². The quantitative estimate of drug-likeness (QED) is 0.721. The van der Waals surface area contributed by atoms with Crippen LogP contribution in [0.15, 0.2) is 22.7 Å². The zero-order valence-electron chi connectivity index (χ0n) is 16.8. The summed E-state index contributed by atoms with van der Waals surface area (Å²) in [6.07, 6.45) is 2.47. The fourth-order valence-electron chi connectivity index (χ4n) is 4.46. The van der Waals surface area contributed by atoms with E-state index in [0.29, 0.717) is 19.1 Å². The number of hydrogen-bond donors (Lipinski definition) is 1. The van der Waals surface area contributed by atoms with Crippen molar-refractivity contribution < 1.29 is 18.8 Å². The van der Waals surface area contributed by atoms with Crippen LogP contribution < -0.4 is 5.32 Å². The molecule has 1 saturated carbocycles. The van der Waals surface area contributed by atoms with Crippen molar-refractivity contribution in [2.45, 2.75) is 51.3 Å². The Morgan fingerprint density at radius 3 is 2.79 bits per heavy atom. The molecule has 0 spiro atoms. The third-order valence-electron chi connectivity index (χ3n) is 6.05. The molecule has 1 aliphatic carbocycles. The van der Waals surface area contributed by atoms with Crippen LogP contribution in [-0.2, 0) is 9.47 Å². The summed E-state index contributed by atoms with van der Waals surface area (Å²) in [7, 11) is 1.75. The topological polar surface area (TPSA) is 91.4 Å². The molecule has 0 bridgehead atoms. The smallest absolute Gasteiger partial charge is 0.407 e. The molecule has 1 atom stereocenters. The molecule has 152 valence electrons. The van der Waals surface area contributed by atoms with Crippen molar-refractivity contribution in [1.82, 2.24) is 20.0 Å². The van der Waals surface area contributed by atoms with Crippen molar-refractivity contribution >= 4 is 17.1 Å². The van der Waals surface area contributed by atoms with E-state index in [1.807, 2.05) is 13.8 Å². The third-order valence-corrected chi connectivity index (χ3v) is 6.05. The summed E-state index contributed by atoms with van der Waals surface area (Å²) in [5.41, 5.74) is 4.87. The average Bonchev–Trinajstić information content (AvgIpc) is 3.21. The van der Waals surface area contributed by atoms with Gasteiger partial charge in [-0.05, 0) is 44.4 Å². The highest BCUT2D eigenvalue weighted by atomic mass is 16.6. The lowest BCUT2D eigenvalue weighted by molar-refractivity contribution is 0.00574. The van der Waals surface area contributed by atoms with Crippen molar-refractivity contribution in [3.05, 3.63) is 35.5 Å². The van der Waals surface area contributed by atoms with E-state index in [0.717, 1.165) is 52.3 Å². The van der Waals surface area contributed by atoms with Gasteiger partial charge in [0.2, 0.25) is 0 Å². The van der Waals surface area contributed by atoms with Crippen LogP contribution in [0.1, 0.15) is 48.6 Å². The van der Waals surface area contributed by atoms with E-state index in [1.54, 1.807) is 7.11 Å². The second-order valence-corrected chi connectivity index (χ2v) is 7.85. The van der Waals surface area contributed by atoms with Crippen molar-refractivity contribution in [2.24, 2.45) is 0 Å². The molecule has 0 radical (unpaired) electrons. The Balaban J connectivity index is 1.61. The lowest BCUT2D eigenvalue weighted by Crippen LogP contribution is -2.39. The highest BCUT2D eigenvalue weighted by Crippen LogP contribution is 2.40. The van der Waals surface area contributed by atoms with Gasteiger partial charge in [-0.3, -0.25) is 0 Å². The Morgan fingerprint density at radius 1 is 1.28 bits per heavy atom. The highest BCUT2D eigenvalue weighted by Gasteiger charge is 2.36. The summed E-state index contributed by atoms with van der Waals surface area (Å²) in [5.74, 6) is 1.67. The van der Waals surface area contributed by atoms with E-state index in [-0.39, 0.29) is 18.2 Å². The van der Waals surface area contributed by atoms with Crippen molar-refractivity contribution in [2.75, 3.05) is 13.7 Å². The number of alkyl carbamates (subject to hydrolysis) is 1. The van der Waals surface area contributed by atoms with Crippen LogP contribution in [0.5, 0.6) is 0 Å². The number of rotatable bonds is 4. The molecular weight excluding hydrogens is 372 g/mol. The Bertz CT molecular complexity index is 1060. The second-order valence-electron chi connectivity index (χ2n) is 7.85. The minimum absolute atomic E-state index is 0.159. The summed E-state index contributed by atoms with van der Waals surface area (Å²) in [5, 5.41) is 6.99. The van der Waals surface area contributed by atoms with E-state index < -0.39 is 0 Å². The van der Waals surface area contributed by atoms with Crippen LogP contribution in [0.4, 0.5) is 4.79 Å². The molecule has 2 aliphatic rings. The van der Waals surface area contributed by atoms with E-state index in [4.69, 9.17) is 19.0 Å². The predicted octanol–water partition coefficient (Wildman–Crippen LogP) is 3.83. The average molecular weight is 396 g/mol. The van der Waals surface area contributed by atoms with E-state index >= 15 is 0 Å². The molecule has 1 amide bonds. The number of nitrogens with one attached hydrogen (secondary N) is 1. The molecule has 8 nitrogen and oxygen atoms in total. The fourth-order valence-corrected chi connectivity index (χ4v) is 4.46. The summed E-state index contributed by atoms with van der Waals surface area (Å²) in [6, 6.07) is 6.42. The van der Waals surface area contributed by atoms with Gasteiger partial charge >= 0.3 is 6.09 Å². The number of aromatic nitrogens is 3. The first-order valence-corrected chi connectivity index (χ1v) is 9.96. The molecule has 5 rings (SSSR count). The molecule has 2 fully saturated rings. The van der Waals surface area contributed by atoms with Crippen LogP contribution in [0, 0.1) is 13.8 Å². The normalized spacial score (nSPS) is 24.2. The van der Waals surface area contributed by atoms with Crippen LogP contribution in [0.2, 0.25) is 0 Å². The minimum atomic E-state index is -0.389. The molecule has 1 unspecified atom stereocenters. The monoisotopic (exact) mass is 396 g/mol. The van der Waals surface area contributed by atoms with Crippen LogP contribution in [0.3, 0.4) is 0 Å². The number of benzene rings is 1. The predicted molar refractivity (Wildman–Crippen MR) is 106 cm³/mol. The maximum atomic E-state index is 11.8. The first kappa shape index (κ1) is 18.2. The molecule has 1 aromatic carbocycles. The minimum Gasteiger partial charge on any atom is -0.449 e. The number of cyclic esters (lactones) is 1. The number of aryl methyl sites for hydroxylation is 2. The summed E-state index contributed by atoms with van der Waals surface area (Å²) >= 11 is 0. The van der Waals surface area contributed by atoms with Gasteiger partial charge in [0.05, 0.1) is 35.5 Å². The van der Waals surface area contributed by atoms with E-state index in [2.05, 4.69) is 33.2 Å². The van der Waals surface area contributed by atoms with Gasteiger partial charge in [-0.2, -0.15) is 0 Å². The van der Waals surface area contributed by atoms with Gasteiger partial charge in [-0.15, -0.1) is 0 Å². The maximum Gasteiger partial charge on any atom is 0.407 e. The van der Waals surface area contributed by atoms with Crippen molar-refractivity contribution in [1.29, 1.82) is 0 Å². The van der Waals surface area contributed by atoms with Gasteiger partial charge in [0.1, 0.15) is 11.6 Å². The van der Waals surface area contributed by atoms with Crippen LogP contribution >= 0.6 is 0 Å². The number of fused-ring (bicyclic) bond motifs is 1. The summed E-state index contributed by atoms with van der Waals surface area (Å²) in [4.78, 5) is 16.8. The number of hydrogen-bond acceptors (Lipinski definition) is 6. The Labute approximate surface area is 168 Å². The van der Waals surface area contributed by atoms with Crippen LogP contribution in [0.25, 0.3) is 22.2 Å². The lowest BCUT2D eigenvalue weighted by atomic mass is 9.88. The molecule has 2 aromatic heterocycles. The molecule has 1 aliphatic heterocycles. The van der Waals surface area contributed by atoms with Gasteiger partial charge in [0, 0.05) is 25.1 Å². The molecule has 3 aromatic rings. The Kier molecular flexibility index (Phi) is 4.31. The number of imidazole rings is 1. The first-order valence-electron chi connectivity index (χ1n) is 9.96. The van der Waals surface area contributed by atoms with Crippen molar-refractivity contribution in [3.8, 4) is 11.1 Å². The molecule has 1 N–H and O–H groups in total. The molecule has 1 saturated heterocycles.